The van der Waals surface area contributed by atoms with E-state index in [0.717, 1.165) is 25.3 Å². The van der Waals surface area contributed by atoms with Gasteiger partial charge in [0.25, 0.3) is 0 Å². The summed E-state index contributed by atoms with van der Waals surface area (Å²) in [6, 6.07) is 7.06. The second kappa shape index (κ2) is 6.95. The molecule has 2 nitrogen and oxygen atoms in total. The maximum atomic E-state index is 5.93. The van der Waals surface area contributed by atoms with Gasteiger partial charge in [0.05, 0.1) is 6.61 Å². The molecule has 0 fully saturated rings. The first-order chi connectivity index (χ1) is 9.24. The Morgan fingerprint density at radius 2 is 2.16 bits per heavy atom. The fourth-order valence-electron chi connectivity index (χ4n) is 2.77. The molecule has 0 spiro atoms. The van der Waals surface area contributed by atoms with E-state index in [4.69, 9.17) is 4.74 Å². The summed E-state index contributed by atoms with van der Waals surface area (Å²) < 4.78 is 5.93. The van der Waals surface area contributed by atoms with Crippen LogP contribution in [0.25, 0.3) is 0 Å². The zero-order valence-corrected chi connectivity index (χ0v) is 12.5. The minimum Gasteiger partial charge on any atom is -0.493 e. The quantitative estimate of drug-likeness (QED) is 0.766. The van der Waals surface area contributed by atoms with E-state index in [0.29, 0.717) is 12.0 Å². The zero-order chi connectivity index (χ0) is 13.7. The van der Waals surface area contributed by atoms with Crippen molar-refractivity contribution in [2.24, 2.45) is 0 Å². The first kappa shape index (κ1) is 14.4. The number of unbranched alkanes of at least 4 members (excludes halogenated alkanes) is 2. The number of rotatable bonds is 6. The van der Waals surface area contributed by atoms with Gasteiger partial charge in [-0.1, -0.05) is 51.8 Å². The van der Waals surface area contributed by atoms with Gasteiger partial charge in [-0.3, -0.25) is 0 Å². The Labute approximate surface area is 117 Å². The number of benzene rings is 1. The fraction of sp³-hybridized carbons (Fsp3) is 0.647. The predicted molar refractivity (Wildman–Crippen MR) is 80.9 cm³/mol. The maximum absolute atomic E-state index is 5.93. The Morgan fingerprint density at radius 3 is 2.89 bits per heavy atom. The Morgan fingerprint density at radius 1 is 1.32 bits per heavy atom. The summed E-state index contributed by atoms with van der Waals surface area (Å²) in [6.45, 7) is 8.67. The second-order valence-corrected chi connectivity index (χ2v) is 5.77. The standard InChI is InChI=1S/C17H27NO/c1-4-5-6-11-18-16-10-12-19-17-14(13(2)3)8-7-9-15(16)17/h7-9,13,16,18H,4-6,10-12H2,1-3H3. The fourth-order valence-corrected chi connectivity index (χ4v) is 2.77. The molecule has 19 heavy (non-hydrogen) atoms. The van der Waals surface area contributed by atoms with Gasteiger partial charge in [0.1, 0.15) is 5.75 Å². The third-order valence-corrected chi connectivity index (χ3v) is 3.90. The van der Waals surface area contributed by atoms with Crippen LogP contribution in [0.3, 0.4) is 0 Å². The summed E-state index contributed by atoms with van der Waals surface area (Å²) in [7, 11) is 0. The zero-order valence-electron chi connectivity index (χ0n) is 12.5. The molecule has 0 amide bonds. The second-order valence-electron chi connectivity index (χ2n) is 5.77. The first-order valence-electron chi connectivity index (χ1n) is 7.73. The molecule has 0 aliphatic carbocycles. The van der Waals surface area contributed by atoms with Gasteiger partial charge >= 0.3 is 0 Å². The first-order valence-corrected chi connectivity index (χ1v) is 7.73. The molecule has 1 heterocycles. The summed E-state index contributed by atoms with van der Waals surface area (Å²) >= 11 is 0. The molecule has 1 aliphatic rings. The van der Waals surface area contributed by atoms with Crippen molar-refractivity contribution in [3.8, 4) is 5.75 Å². The van der Waals surface area contributed by atoms with Crippen molar-refractivity contribution in [2.45, 2.75) is 58.4 Å². The van der Waals surface area contributed by atoms with Crippen molar-refractivity contribution in [2.75, 3.05) is 13.2 Å². The van der Waals surface area contributed by atoms with Gasteiger partial charge in [-0.05, 0) is 24.4 Å². The van der Waals surface area contributed by atoms with E-state index in [9.17, 15) is 0 Å². The molecule has 106 valence electrons. The Kier molecular flexibility index (Phi) is 5.26. The van der Waals surface area contributed by atoms with E-state index in [1.807, 2.05) is 0 Å². The van der Waals surface area contributed by atoms with Gasteiger partial charge in [-0.15, -0.1) is 0 Å². The molecule has 1 atom stereocenters. The molecule has 0 aromatic heterocycles. The van der Waals surface area contributed by atoms with Crippen molar-refractivity contribution in [3.05, 3.63) is 29.3 Å². The van der Waals surface area contributed by atoms with Gasteiger partial charge in [0.15, 0.2) is 0 Å². The lowest BCUT2D eigenvalue weighted by atomic mass is 9.93. The third kappa shape index (κ3) is 3.50. The van der Waals surface area contributed by atoms with Crippen LogP contribution in [-0.4, -0.2) is 13.2 Å². The van der Waals surface area contributed by atoms with Gasteiger partial charge in [-0.2, -0.15) is 0 Å². The molecule has 0 saturated carbocycles. The molecule has 0 bridgehead atoms. The molecule has 1 N–H and O–H groups in total. The summed E-state index contributed by atoms with van der Waals surface area (Å²) in [5.41, 5.74) is 2.70. The average Bonchev–Trinajstić information content (AvgIpc) is 2.43. The molecule has 0 saturated heterocycles. The summed E-state index contributed by atoms with van der Waals surface area (Å²) in [5, 5.41) is 3.70. The topological polar surface area (TPSA) is 21.3 Å². The number of hydrogen-bond acceptors (Lipinski definition) is 2. The number of nitrogens with one attached hydrogen (secondary N) is 1. The summed E-state index contributed by atoms with van der Waals surface area (Å²) in [4.78, 5) is 0. The van der Waals surface area contributed by atoms with Crippen LogP contribution < -0.4 is 10.1 Å². The lowest BCUT2D eigenvalue weighted by Crippen LogP contribution is -2.28. The molecular formula is C17H27NO. The minimum absolute atomic E-state index is 0.472. The van der Waals surface area contributed by atoms with Crippen LogP contribution in [-0.2, 0) is 0 Å². The lowest BCUT2D eigenvalue weighted by molar-refractivity contribution is 0.249. The van der Waals surface area contributed by atoms with Crippen molar-refractivity contribution in [1.82, 2.24) is 5.32 Å². The van der Waals surface area contributed by atoms with E-state index < -0.39 is 0 Å². The van der Waals surface area contributed by atoms with E-state index in [-0.39, 0.29) is 0 Å². The largest absolute Gasteiger partial charge is 0.493 e. The highest BCUT2D eigenvalue weighted by Gasteiger charge is 2.23. The van der Waals surface area contributed by atoms with Gasteiger partial charge in [-0.25, -0.2) is 0 Å². The Bertz CT molecular complexity index is 400. The predicted octanol–water partition coefficient (Wildman–Crippen LogP) is 4.41. The van der Waals surface area contributed by atoms with E-state index >= 15 is 0 Å². The van der Waals surface area contributed by atoms with Crippen LogP contribution in [0.15, 0.2) is 18.2 Å². The molecule has 0 radical (unpaired) electrons. The van der Waals surface area contributed by atoms with Gasteiger partial charge < -0.3 is 10.1 Å². The van der Waals surface area contributed by atoms with Crippen molar-refractivity contribution in [3.63, 3.8) is 0 Å². The monoisotopic (exact) mass is 261 g/mol. The number of para-hydroxylation sites is 1. The molecule has 1 aromatic carbocycles. The summed E-state index contributed by atoms with van der Waals surface area (Å²) in [6.07, 6.45) is 4.95. The highest BCUT2D eigenvalue weighted by molar-refractivity contribution is 5.46. The molecule has 1 unspecified atom stereocenters. The highest BCUT2D eigenvalue weighted by Crippen LogP contribution is 2.37. The Hall–Kier alpha value is -1.02. The molecule has 2 heteroatoms. The van der Waals surface area contributed by atoms with E-state index in [1.165, 1.54) is 30.4 Å². The van der Waals surface area contributed by atoms with Crippen molar-refractivity contribution >= 4 is 0 Å². The SMILES string of the molecule is CCCCCNC1CCOc2c(C(C)C)cccc21. The third-order valence-electron chi connectivity index (χ3n) is 3.90. The Balaban J connectivity index is 2.09. The number of ether oxygens (including phenoxy) is 1. The highest BCUT2D eigenvalue weighted by atomic mass is 16.5. The van der Waals surface area contributed by atoms with Crippen molar-refractivity contribution < 1.29 is 4.74 Å². The minimum atomic E-state index is 0.472. The van der Waals surface area contributed by atoms with Crippen LogP contribution in [0, 0.1) is 0 Å². The van der Waals surface area contributed by atoms with Crippen molar-refractivity contribution in [1.29, 1.82) is 0 Å². The molecular weight excluding hydrogens is 234 g/mol. The average molecular weight is 261 g/mol. The number of hydrogen-bond donors (Lipinski definition) is 1. The van der Waals surface area contributed by atoms with E-state index in [2.05, 4.69) is 44.3 Å². The molecule has 1 aliphatic heterocycles. The molecule has 1 aromatic rings. The van der Waals surface area contributed by atoms with Crippen LogP contribution in [0.4, 0.5) is 0 Å². The van der Waals surface area contributed by atoms with Gasteiger partial charge in [0, 0.05) is 18.0 Å². The lowest BCUT2D eigenvalue weighted by Gasteiger charge is -2.29. The van der Waals surface area contributed by atoms with Crippen LogP contribution >= 0.6 is 0 Å². The van der Waals surface area contributed by atoms with E-state index in [1.54, 1.807) is 0 Å². The van der Waals surface area contributed by atoms with Gasteiger partial charge in [0.2, 0.25) is 0 Å². The molecule has 2 rings (SSSR count). The van der Waals surface area contributed by atoms with Crippen LogP contribution in [0.1, 0.15) is 69.5 Å². The number of fused-ring (bicyclic) bond motifs is 1. The smallest absolute Gasteiger partial charge is 0.127 e. The normalized spacial score (nSPS) is 18.2. The van der Waals surface area contributed by atoms with Crippen LogP contribution in [0.5, 0.6) is 5.75 Å². The maximum Gasteiger partial charge on any atom is 0.127 e. The summed E-state index contributed by atoms with van der Waals surface area (Å²) in [5.74, 6) is 1.66. The van der Waals surface area contributed by atoms with Crippen LogP contribution in [0.2, 0.25) is 0 Å².